The van der Waals surface area contributed by atoms with Crippen LogP contribution in [0.2, 0.25) is 0 Å². The van der Waals surface area contributed by atoms with E-state index < -0.39 is 35.7 Å². The Kier molecular flexibility index (Phi) is 6.46. The zero-order chi connectivity index (χ0) is 24.7. The highest BCUT2D eigenvalue weighted by atomic mass is 19.3. The van der Waals surface area contributed by atoms with Crippen LogP contribution in [0.25, 0.3) is 11.7 Å². The lowest BCUT2D eigenvalue weighted by Gasteiger charge is -2.22. The fourth-order valence-electron chi connectivity index (χ4n) is 4.36. The Labute approximate surface area is 195 Å². The number of halogens is 2. The predicted molar refractivity (Wildman–Crippen MR) is 121 cm³/mol. The van der Waals surface area contributed by atoms with Gasteiger partial charge in [0.2, 0.25) is 11.8 Å². The summed E-state index contributed by atoms with van der Waals surface area (Å²) < 4.78 is 29.0. The highest BCUT2D eigenvalue weighted by Crippen LogP contribution is 2.27. The zero-order valence-electron chi connectivity index (χ0n) is 19.4. The molecule has 4 rings (SSSR count). The van der Waals surface area contributed by atoms with Gasteiger partial charge < -0.3 is 15.3 Å². The monoisotopic (exact) mass is 477 g/mol. The molecule has 1 aliphatic carbocycles. The molecule has 3 heterocycles. The summed E-state index contributed by atoms with van der Waals surface area (Å²) in [4.78, 5) is 39.8. The first-order valence-electron chi connectivity index (χ1n) is 11.5. The van der Waals surface area contributed by atoms with Gasteiger partial charge >= 0.3 is 0 Å². The van der Waals surface area contributed by atoms with Gasteiger partial charge in [0.25, 0.3) is 17.9 Å². The minimum atomic E-state index is -2.62. The van der Waals surface area contributed by atoms with E-state index in [0.717, 1.165) is 22.3 Å². The van der Waals surface area contributed by atoms with Crippen LogP contribution in [-0.4, -0.2) is 61.1 Å². The van der Waals surface area contributed by atoms with Crippen LogP contribution >= 0.6 is 0 Å². The number of hydrogen-bond donors (Lipinski definition) is 2. The van der Waals surface area contributed by atoms with Crippen LogP contribution in [0.5, 0.6) is 5.88 Å². The molecule has 1 saturated heterocycles. The number of fused-ring (bicyclic) bond motifs is 1. The van der Waals surface area contributed by atoms with E-state index in [0.29, 0.717) is 17.7 Å². The van der Waals surface area contributed by atoms with Crippen molar-refractivity contribution in [1.82, 2.24) is 24.4 Å². The maximum Gasteiger partial charge on any atom is 0.270 e. The van der Waals surface area contributed by atoms with Crippen LogP contribution in [0.1, 0.15) is 61.1 Å². The molecule has 1 atom stereocenters. The lowest BCUT2D eigenvalue weighted by molar-refractivity contribution is -0.129. The second kappa shape index (κ2) is 9.19. The third kappa shape index (κ3) is 4.43. The van der Waals surface area contributed by atoms with Crippen molar-refractivity contribution in [2.75, 3.05) is 6.54 Å². The lowest BCUT2D eigenvalue weighted by atomic mass is 10.1. The zero-order valence-corrected chi connectivity index (χ0v) is 19.4. The summed E-state index contributed by atoms with van der Waals surface area (Å²) in [7, 11) is 0. The van der Waals surface area contributed by atoms with Gasteiger partial charge in [0.1, 0.15) is 5.65 Å². The number of hydrogen-bond acceptors (Lipinski definition) is 5. The molecule has 0 spiro atoms. The first-order valence-corrected chi connectivity index (χ1v) is 11.5. The average molecular weight is 478 g/mol. The van der Waals surface area contributed by atoms with Gasteiger partial charge in [-0.25, -0.2) is 8.78 Å². The molecule has 0 radical (unpaired) electrons. The number of alkyl halides is 2. The van der Waals surface area contributed by atoms with Crippen molar-refractivity contribution >= 4 is 23.5 Å². The Morgan fingerprint density at radius 1 is 1.26 bits per heavy atom. The van der Waals surface area contributed by atoms with Crippen molar-refractivity contribution < 1.29 is 23.5 Å². The first kappa shape index (κ1) is 23.9. The summed E-state index contributed by atoms with van der Waals surface area (Å²) in [5, 5.41) is 17.9. The summed E-state index contributed by atoms with van der Waals surface area (Å²) in [5.41, 5.74) is -0.0141. The molecular formula is C23H29F2N5O4. The Morgan fingerprint density at radius 2 is 1.97 bits per heavy atom. The summed E-state index contributed by atoms with van der Waals surface area (Å²) in [6.07, 6.45) is 2.41. The second-order valence-electron chi connectivity index (χ2n) is 9.40. The van der Waals surface area contributed by atoms with Crippen molar-refractivity contribution in [3.63, 3.8) is 0 Å². The van der Waals surface area contributed by atoms with Gasteiger partial charge in [0.05, 0.1) is 11.7 Å². The molecule has 2 amide bonds. The van der Waals surface area contributed by atoms with E-state index in [1.54, 1.807) is 6.92 Å². The summed E-state index contributed by atoms with van der Waals surface area (Å²) in [6, 6.07) is -1.12. The number of nitrogens with zero attached hydrogens (tertiary/aromatic N) is 4. The van der Waals surface area contributed by atoms with Gasteiger partial charge in [0.15, 0.2) is 5.56 Å². The molecule has 2 aliphatic rings. The minimum Gasteiger partial charge on any atom is -0.492 e. The Balaban J connectivity index is 1.79. The fourth-order valence-corrected chi connectivity index (χ4v) is 4.36. The average Bonchev–Trinajstić information content (AvgIpc) is 3.31. The van der Waals surface area contributed by atoms with Crippen molar-refractivity contribution in [3.05, 3.63) is 33.3 Å². The number of rotatable bonds is 7. The smallest absolute Gasteiger partial charge is 0.270 e. The molecule has 0 bridgehead atoms. The highest BCUT2D eigenvalue weighted by molar-refractivity contribution is 5.97. The molecule has 11 heteroatoms. The van der Waals surface area contributed by atoms with Crippen molar-refractivity contribution in [2.24, 2.45) is 5.92 Å². The van der Waals surface area contributed by atoms with Gasteiger partial charge in [-0.3, -0.25) is 19.0 Å². The third-order valence-corrected chi connectivity index (χ3v) is 6.17. The SMILES string of the molecule is Cc1nn2c(O)c(C(=O)NC3CC3)c(=O)n(CC(C)C)c2c1/C=C/C(=O)N1CCC[C@@H]1C(F)F. The number of aromatic nitrogens is 3. The maximum absolute atomic E-state index is 13.3. The van der Waals surface area contributed by atoms with E-state index in [4.69, 9.17) is 0 Å². The van der Waals surface area contributed by atoms with Gasteiger partial charge in [-0.05, 0) is 44.6 Å². The molecule has 1 aliphatic heterocycles. The summed E-state index contributed by atoms with van der Waals surface area (Å²) in [5.74, 6) is -1.76. The van der Waals surface area contributed by atoms with Crippen LogP contribution in [0.15, 0.2) is 10.9 Å². The summed E-state index contributed by atoms with van der Waals surface area (Å²) >= 11 is 0. The van der Waals surface area contributed by atoms with Crippen molar-refractivity contribution in [3.8, 4) is 5.88 Å². The molecular weight excluding hydrogens is 448 g/mol. The standard InChI is InChI=1S/C23H29F2N5O4/c1-12(2)11-29-21-15(8-9-17(31)28-10-4-5-16(28)19(24)25)13(3)27-30(21)23(34)18(22(29)33)20(32)26-14-6-7-14/h8-9,12,14,16,19,34H,4-7,10-11H2,1-3H3,(H,26,32)/b9-8+/t16-/m1/s1. The minimum absolute atomic E-state index is 0.00735. The van der Waals surface area contributed by atoms with Gasteiger partial charge in [-0.1, -0.05) is 13.8 Å². The molecule has 0 unspecified atom stereocenters. The Hall–Kier alpha value is -3.24. The van der Waals surface area contributed by atoms with Crippen LogP contribution in [0.4, 0.5) is 8.78 Å². The quantitative estimate of drug-likeness (QED) is 0.595. The maximum atomic E-state index is 13.3. The lowest BCUT2D eigenvalue weighted by Crippen LogP contribution is -2.38. The molecule has 2 aromatic heterocycles. The van der Waals surface area contributed by atoms with Gasteiger partial charge in [-0.15, -0.1) is 0 Å². The predicted octanol–water partition coefficient (Wildman–Crippen LogP) is 2.33. The molecule has 1 saturated carbocycles. The Bertz CT molecular complexity index is 1210. The van der Waals surface area contributed by atoms with E-state index >= 15 is 0 Å². The van der Waals surface area contributed by atoms with E-state index in [-0.39, 0.29) is 42.7 Å². The summed E-state index contributed by atoms with van der Waals surface area (Å²) in [6.45, 7) is 5.94. The van der Waals surface area contributed by atoms with Crippen molar-refractivity contribution in [1.29, 1.82) is 0 Å². The van der Waals surface area contributed by atoms with Crippen LogP contribution in [0.3, 0.4) is 0 Å². The van der Waals surface area contributed by atoms with Crippen LogP contribution in [-0.2, 0) is 11.3 Å². The molecule has 0 aromatic carbocycles. The topological polar surface area (TPSA) is 109 Å². The largest absolute Gasteiger partial charge is 0.492 e. The number of likely N-dealkylation sites (tertiary alicyclic amines) is 1. The molecule has 9 nitrogen and oxygen atoms in total. The molecule has 34 heavy (non-hydrogen) atoms. The number of carbonyl (C=O) groups excluding carboxylic acids is 2. The number of aromatic hydroxyl groups is 1. The molecule has 2 fully saturated rings. The number of carbonyl (C=O) groups is 2. The normalized spacial score (nSPS) is 18.7. The third-order valence-electron chi connectivity index (χ3n) is 6.17. The second-order valence-corrected chi connectivity index (χ2v) is 9.40. The van der Waals surface area contributed by atoms with E-state index in [1.165, 1.54) is 16.7 Å². The molecule has 184 valence electrons. The molecule has 2 aromatic rings. The van der Waals surface area contributed by atoms with Gasteiger partial charge in [-0.2, -0.15) is 9.61 Å². The van der Waals surface area contributed by atoms with E-state index in [1.807, 2.05) is 13.8 Å². The number of nitrogens with one attached hydrogen (secondary N) is 1. The van der Waals surface area contributed by atoms with Crippen LogP contribution in [0, 0.1) is 12.8 Å². The Morgan fingerprint density at radius 3 is 2.59 bits per heavy atom. The van der Waals surface area contributed by atoms with Crippen LogP contribution < -0.4 is 10.9 Å². The highest BCUT2D eigenvalue weighted by Gasteiger charge is 2.34. The van der Waals surface area contributed by atoms with E-state index in [9.17, 15) is 28.3 Å². The number of aryl methyl sites for hydroxylation is 1. The fraction of sp³-hybridized carbons (Fsp3) is 0.565. The molecule has 2 N–H and O–H groups in total. The van der Waals surface area contributed by atoms with Gasteiger partial charge in [0, 0.05) is 30.8 Å². The van der Waals surface area contributed by atoms with Crippen molar-refractivity contribution in [2.45, 2.75) is 71.5 Å². The van der Waals surface area contributed by atoms with E-state index in [2.05, 4.69) is 10.4 Å². The number of amides is 2. The first-order chi connectivity index (χ1) is 16.1.